The fourth-order valence-electron chi connectivity index (χ4n) is 2.12. The highest BCUT2D eigenvalue weighted by Crippen LogP contribution is 2.41. The maximum atomic E-state index is 12.4. The summed E-state index contributed by atoms with van der Waals surface area (Å²) in [5, 5.41) is 8.76. The average molecular weight is 307 g/mol. The van der Waals surface area contributed by atoms with Gasteiger partial charge in [0.05, 0.1) is 5.92 Å². The second-order valence-electron chi connectivity index (χ2n) is 4.68. The Hall–Kier alpha value is -1.48. The maximum Gasteiger partial charge on any atom is 0.409 e. The van der Waals surface area contributed by atoms with Crippen LogP contribution in [0.4, 0.5) is 26.3 Å². The summed E-state index contributed by atoms with van der Waals surface area (Å²) in [5.41, 5.74) is 0. The Bertz CT molecular complexity index is 391. The number of halogens is 6. The summed E-state index contributed by atoms with van der Waals surface area (Å²) in [4.78, 5) is 22.5. The highest BCUT2D eigenvalue weighted by Gasteiger charge is 2.62. The number of carbonyl (C=O) groups is 2. The van der Waals surface area contributed by atoms with Crippen molar-refractivity contribution >= 4 is 11.9 Å². The number of alkyl halides is 6. The molecule has 1 N–H and O–H groups in total. The number of carboxylic acid groups (broad SMARTS) is 1. The zero-order chi connectivity index (χ0) is 15.9. The van der Waals surface area contributed by atoms with Crippen molar-refractivity contribution < 1.29 is 41.0 Å². The van der Waals surface area contributed by atoms with Crippen molar-refractivity contribution in [1.82, 2.24) is 4.90 Å². The van der Waals surface area contributed by atoms with E-state index in [9.17, 15) is 35.9 Å². The molecular weight excluding hydrogens is 296 g/mol. The minimum absolute atomic E-state index is 0.315. The van der Waals surface area contributed by atoms with E-state index in [1.54, 1.807) is 0 Å². The molecule has 0 spiro atoms. The average Bonchev–Trinajstić information content (AvgIpc) is 2.55. The number of likely N-dealkylation sites (tertiary alicyclic amines) is 1. The van der Waals surface area contributed by atoms with Gasteiger partial charge in [-0.2, -0.15) is 26.3 Å². The number of hydrogen-bond acceptors (Lipinski definition) is 2. The second-order valence-corrected chi connectivity index (χ2v) is 4.68. The first kappa shape index (κ1) is 16.6. The highest BCUT2D eigenvalue weighted by molar-refractivity contribution is 5.82. The zero-order valence-corrected chi connectivity index (χ0v) is 10.1. The zero-order valence-electron chi connectivity index (χ0n) is 10.1. The van der Waals surface area contributed by atoms with Crippen LogP contribution < -0.4 is 0 Å². The number of nitrogens with zero attached hydrogens (tertiary/aromatic N) is 1. The van der Waals surface area contributed by atoms with Crippen molar-refractivity contribution in [2.45, 2.75) is 19.3 Å². The Labute approximate surface area is 109 Å². The van der Waals surface area contributed by atoms with E-state index in [-0.39, 0.29) is 0 Å². The number of amides is 1. The Kier molecular flexibility index (Phi) is 4.25. The highest BCUT2D eigenvalue weighted by atomic mass is 19.4. The lowest BCUT2D eigenvalue weighted by atomic mass is 9.99. The van der Waals surface area contributed by atoms with Crippen LogP contribution in [-0.4, -0.2) is 47.3 Å². The molecule has 1 saturated heterocycles. The molecular formula is C10H11F6NO3. The third kappa shape index (κ3) is 3.34. The van der Waals surface area contributed by atoms with Crippen LogP contribution in [-0.2, 0) is 9.59 Å². The molecule has 0 aromatic carbocycles. The second kappa shape index (κ2) is 5.13. The monoisotopic (exact) mass is 307 g/mol. The molecule has 1 amide bonds. The molecule has 2 atom stereocenters. The molecule has 0 aliphatic carbocycles. The molecule has 1 fully saturated rings. The van der Waals surface area contributed by atoms with E-state index in [1.807, 2.05) is 0 Å². The van der Waals surface area contributed by atoms with Crippen LogP contribution in [0.2, 0.25) is 0 Å². The number of carboxylic acids is 1. The molecule has 4 nitrogen and oxygen atoms in total. The summed E-state index contributed by atoms with van der Waals surface area (Å²) in [6.07, 6.45) is -11.5. The van der Waals surface area contributed by atoms with Crippen LogP contribution >= 0.6 is 0 Å². The minimum Gasteiger partial charge on any atom is -0.481 e. The van der Waals surface area contributed by atoms with Crippen molar-refractivity contribution in [2.75, 3.05) is 13.1 Å². The number of rotatable bonds is 2. The summed E-state index contributed by atoms with van der Waals surface area (Å²) in [7, 11) is 0. The summed E-state index contributed by atoms with van der Waals surface area (Å²) in [5.74, 6) is -9.50. The Morgan fingerprint density at radius 2 is 1.55 bits per heavy atom. The summed E-state index contributed by atoms with van der Waals surface area (Å²) < 4.78 is 74.3. The van der Waals surface area contributed by atoms with Crippen molar-refractivity contribution in [1.29, 1.82) is 0 Å². The SMILES string of the molecule is CC1CN(C(=O)C(C(F)(F)F)C(F)(F)F)CC1C(=O)O. The molecule has 1 aliphatic rings. The molecule has 1 aliphatic heterocycles. The fraction of sp³-hybridized carbons (Fsp3) is 0.800. The number of hydrogen-bond donors (Lipinski definition) is 1. The van der Waals surface area contributed by atoms with Gasteiger partial charge in [-0.15, -0.1) is 0 Å². The van der Waals surface area contributed by atoms with Crippen LogP contribution in [0.5, 0.6) is 0 Å². The van der Waals surface area contributed by atoms with Gasteiger partial charge >= 0.3 is 18.3 Å². The van der Waals surface area contributed by atoms with Gasteiger partial charge in [-0.3, -0.25) is 9.59 Å². The first-order valence-corrected chi connectivity index (χ1v) is 5.50. The van der Waals surface area contributed by atoms with Gasteiger partial charge in [0.2, 0.25) is 11.8 Å². The first-order valence-electron chi connectivity index (χ1n) is 5.50. The quantitative estimate of drug-likeness (QED) is 0.793. The molecule has 0 bridgehead atoms. The van der Waals surface area contributed by atoms with Gasteiger partial charge < -0.3 is 10.0 Å². The fourth-order valence-corrected chi connectivity index (χ4v) is 2.12. The Balaban J connectivity index is 2.96. The normalized spacial score (nSPS) is 24.3. The minimum atomic E-state index is -5.76. The molecule has 0 aromatic rings. The van der Waals surface area contributed by atoms with E-state index in [2.05, 4.69) is 0 Å². The third-order valence-electron chi connectivity index (χ3n) is 3.14. The van der Waals surface area contributed by atoms with Crippen molar-refractivity contribution in [2.24, 2.45) is 17.8 Å². The summed E-state index contributed by atoms with van der Waals surface area (Å²) >= 11 is 0. The molecule has 2 unspecified atom stereocenters. The van der Waals surface area contributed by atoms with Gasteiger partial charge in [0.1, 0.15) is 0 Å². The summed E-state index contributed by atoms with van der Waals surface area (Å²) in [6, 6.07) is 0. The first-order chi connectivity index (χ1) is 8.85. The molecule has 116 valence electrons. The standard InChI is InChI=1S/C10H11F6NO3/c1-4-2-17(3-5(4)8(19)20)7(18)6(9(11,12)13)10(14,15)16/h4-6H,2-3H2,1H3,(H,19,20). The van der Waals surface area contributed by atoms with E-state index in [1.165, 1.54) is 6.92 Å². The van der Waals surface area contributed by atoms with Crippen LogP contribution in [0, 0.1) is 17.8 Å². The summed E-state index contributed by atoms with van der Waals surface area (Å²) in [6.45, 7) is 0.249. The maximum absolute atomic E-state index is 12.4. The molecule has 0 radical (unpaired) electrons. The van der Waals surface area contributed by atoms with Crippen molar-refractivity contribution in [3.05, 3.63) is 0 Å². The molecule has 1 rings (SSSR count). The van der Waals surface area contributed by atoms with E-state index >= 15 is 0 Å². The van der Waals surface area contributed by atoms with E-state index in [0.717, 1.165) is 0 Å². The Morgan fingerprint density at radius 1 is 1.10 bits per heavy atom. The largest absolute Gasteiger partial charge is 0.481 e. The van der Waals surface area contributed by atoms with Gasteiger partial charge in [0.15, 0.2) is 0 Å². The van der Waals surface area contributed by atoms with Crippen LogP contribution in [0.25, 0.3) is 0 Å². The predicted octanol–water partition coefficient (Wildman–Crippen LogP) is 1.91. The van der Waals surface area contributed by atoms with Crippen molar-refractivity contribution in [3.8, 4) is 0 Å². The lowest BCUT2D eigenvalue weighted by molar-refractivity contribution is -0.277. The van der Waals surface area contributed by atoms with E-state index in [0.29, 0.717) is 4.90 Å². The van der Waals surface area contributed by atoms with Gasteiger partial charge in [-0.25, -0.2) is 0 Å². The van der Waals surface area contributed by atoms with Crippen molar-refractivity contribution in [3.63, 3.8) is 0 Å². The van der Waals surface area contributed by atoms with Gasteiger partial charge in [-0.05, 0) is 5.92 Å². The Morgan fingerprint density at radius 3 is 1.85 bits per heavy atom. The molecule has 0 saturated carbocycles. The van der Waals surface area contributed by atoms with E-state index in [4.69, 9.17) is 5.11 Å². The molecule has 10 heteroatoms. The number of aliphatic carboxylic acids is 1. The molecule has 1 heterocycles. The predicted molar refractivity (Wildman–Crippen MR) is 52.5 cm³/mol. The molecule has 20 heavy (non-hydrogen) atoms. The topological polar surface area (TPSA) is 57.6 Å². The lowest BCUT2D eigenvalue weighted by Gasteiger charge is -2.26. The third-order valence-corrected chi connectivity index (χ3v) is 3.14. The van der Waals surface area contributed by atoms with Crippen LogP contribution in [0.3, 0.4) is 0 Å². The smallest absolute Gasteiger partial charge is 0.409 e. The van der Waals surface area contributed by atoms with Gasteiger partial charge in [0.25, 0.3) is 0 Å². The van der Waals surface area contributed by atoms with Crippen LogP contribution in [0.1, 0.15) is 6.92 Å². The van der Waals surface area contributed by atoms with E-state index < -0.39 is 55.1 Å². The molecule has 0 aromatic heterocycles. The number of carbonyl (C=O) groups excluding carboxylic acids is 1. The van der Waals surface area contributed by atoms with Gasteiger partial charge in [-0.1, -0.05) is 6.92 Å². The van der Waals surface area contributed by atoms with Crippen LogP contribution in [0.15, 0.2) is 0 Å². The lowest BCUT2D eigenvalue weighted by Crippen LogP contribution is -2.49. The van der Waals surface area contributed by atoms with Gasteiger partial charge in [0, 0.05) is 13.1 Å².